The minimum Gasteiger partial charge on any atom is -0.465 e. The van der Waals surface area contributed by atoms with E-state index in [1.54, 1.807) is 0 Å². The summed E-state index contributed by atoms with van der Waals surface area (Å²) in [6.45, 7) is 4.59. The maximum absolute atomic E-state index is 11.3. The highest BCUT2D eigenvalue weighted by molar-refractivity contribution is 8.00. The Morgan fingerprint density at radius 2 is 2.00 bits per heavy atom. The van der Waals surface area contributed by atoms with Gasteiger partial charge in [0.15, 0.2) is 0 Å². The van der Waals surface area contributed by atoms with Crippen molar-refractivity contribution in [2.45, 2.75) is 31.1 Å². The van der Waals surface area contributed by atoms with E-state index in [9.17, 15) is 4.79 Å². The van der Waals surface area contributed by atoms with E-state index in [0.29, 0.717) is 12.4 Å². The SMILES string of the molecule is CCOC(=O)CSc1ccc(CC2CCNCC2)cc1. The summed E-state index contributed by atoms with van der Waals surface area (Å²) in [6, 6.07) is 8.60. The van der Waals surface area contributed by atoms with E-state index in [4.69, 9.17) is 4.74 Å². The molecule has 1 heterocycles. The highest BCUT2D eigenvalue weighted by Crippen LogP contribution is 2.22. The predicted molar refractivity (Wildman–Crippen MR) is 83.1 cm³/mol. The summed E-state index contributed by atoms with van der Waals surface area (Å²) in [5, 5.41) is 3.40. The van der Waals surface area contributed by atoms with Crippen molar-refractivity contribution in [2.24, 2.45) is 5.92 Å². The summed E-state index contributed by atoms with van der Waals surface area (Å²) in [6.07, 6.45) is 3.73. The summed E-state index contributed by atoms with van der Waals surface area (Å²) < 4.78 is 4.92. The maximum Gasteiger partial charge on any atom is 0.316 e. The van der Waals surface area contributed by atoms with Crippen molar-refractivity contribution in [2.75, 3.05) is 25.4 Å². The van der Waals surface area contributed by atoms with Gasteiger partial charge in [0.05, 0.1) is 12.4 Å². The smallest absolute Gasteiger partial charge is 0.316 e. The van der Waals surface area contributed by atoms with Gasteiger partial charge in [0.2, 0.25) is 0 Å². The molecule has 0 spiro atoms. The van der Waals surface area contributed by atoms with Gasteiger partial charge in [-0.3, -0.25) is 4.79 Å². The Morgan fingerprint density at radius 1 is 1.30 bits per heavy atom. The van der Waals surface area contributed by atoms with Gasteiger partial charge in [-0.1, -0.05) is 12.1 Å². The van der Waals surface area contributed by atoms with Crippen LogP contribution in [0.25, 0.3) is 0 Å². The lowest BCUT2D eigenvalue weighted by Gasteiger charge is -2.22. The van der Waals surface area contributed by atoms with Crippen molar-refractivity contribution in [3.05, 3.63) is 29.8 Å². The average Bonchev–Trinajstić information content (AvgIpc) is 2.48. The summed E-state index contributed by atoms with van der Waals surface area (Å²) in [7, 11) is 0. The van der Waals surface area contributed by atoms with Crippen molar-refractivity contribution in [3.63, 3.8) is 0 Å². The van der Waals surface area contributed by atoms with E-state index < -0.39 is 0 Å². The molecule has 0 atom stereocenters. The lowest BCUT2D eigenvalue weighted by Crippen LogP contribution is -2.28. The summed E-state index contributed by atoms with van der Waals surface area (Å²) in [5.41, 5.74) is 1.40. The first-order valence-corrected chi connectivity index (χ1v) is 8.34. The van der Waals surface area contributed by atoms with Crippen LogP contribution in [-0.4, -0.2) is 31.4 Å². The van der Waals surface area contributed by atoms with Crippen molar-refractivity contribution in [3.8, 4) is 0 Å². The molecule has 110 valence electrons. The molecule has 0 aromatic heterocycles. The Labute approximate surface area is 125 Å². The molecule has 0 saturated carbocycles. The first-order valence-electron chi connectivity index (χ1n) is 7.36. The third kappa shape index (κ3) is 5.17. The van der Waals surface area contributed by atoms with Gasteiger partial charge in [-0.05, 0) is 62.9 Å². The molecular weight excluding hydrogens is 270 g/mol. The number of piperidine rings is 1. The second-order valence-corrected chi connectivity index (χ2v) is 6.18. The van der Waals surface area contributed by atoms with Gasteiger partial charge in [0, 0.05) is 4.90 Å². The molecule has 1 saturated heterocycles. The summed E-state index contributed by atoms with van der Waals surface area (Å²) in [4.78, 5) is 12.4. The Morgan fingerprint density at radius 3 is 2.65 bits per heavy atom. The van der Waals surface area contributed by atoms with E-state index in [0.717, 1.165) is 23.9 Å². The highest BCUT2D eigenvalue weighted by atomic mass is 32.2. The predicted octanol–water partition coefficient (Wildman–Crippen LogP) is 2.88. The first kappa shape index (κ1) is 15.4. The molecule has 2 rings (SSSR count). The molecule has 1 fully saturated rings. The van der Waals surface area contributed by atoms with E-state index >= 15 is 0 Å². The first-order chi connectivity index (χ1) is 9.78. The van der Waals surface area contributed by atoms with Crippen LogP contribution >= 0.6 is 11.8 Å². The van der Waals surface area contributed by atoms with E-state index in [2.05, 4.69) is 29.6 Å². The standard InChI is InChI=1S/C16H23NO2S/c1-2-19-16(18)12-20-15-5-3-13(4-6-15)11-14-7-9-17-10-8-14/h3-6,14,17H,2,7-12H2,1H3. The Balaban J connectivity index is 1.78. The number of rotatable bonds is 6. The second-order valence-electron chi connectivity index (χ2n) is 5.14. The molecule has 0 bridgehead atoms. The number of ether oxygens (including phenoxy) is 1. The van der Waals surface area contributed by atoms with Gasteiger partial charge in [-0.15, -0.1) is 11.8 Å². The van der Waals surface area contributed by atoms with Gasteiger partial charge in [-0.25, -0.2) is 0 Å². The molecule has 20 heavy (non-hydrogen) atoms. The van der Waals surface area contributed by atoms with Crippen molar-refractivity contribution >= 4 is 17.7 Å². The molecule has 1 N–H and O–H groups in total. The van der Waals surface area contributed by atoms with Gasteiger partial charge < -0.3 is 10.1 Å². The summed E-state index contributed by atoms with van der Waals surface area (Å²) >= 11 is 1.54. The van der Waals surface area contributed by atoms with E-state index in [1.165, 1.54) is 36.6 Å². The van der Waals surface area contributed by atoms with Crippen LogP contribution < -0.4 is 5.32 Å². The maximum atomic E-state index is 11.3. The van der Waals surface area contributed by atoms with Crippen LogP contribution in [0.3, 0.4) is 0 Å². The fourth-order valence-electron chi connectivity index (χ4n) is 2.49. The van der Waals surface area contributed by atoms with Crippen LogP contribution in [0.15, 0.2) is 29.2 Å². The van der Waals surface area contributed by atoms with Crippen LogP contribution in [0.2, 0.25) is 0 Å². The second kappa shape index (κ2) is 8.32. The van der Waals surface area contributed by atoms with Gasteiger partial charge in [-0.2, -0.15) is 0 Å². The zero-order valence-corrected chi connectivity index (χ0v) is 12.9. The van der Waals surface area contributed by atoms with Gasteiger partial charge in [0.1, 0.15) is 0 Å². The fourth-order valence-corrected chi connectivity index (χ4v) is 3.18. The molecule has 4 heteroatoms. The molecule has 0 amide bonds. The highest BCUT2D eigenvalue weighted by Gasteiger charge is 2.13. The third-order valence-corrected chi connectivity index (χ3v) is 4.55. The molecule has 1 aromatic carbocycles. The number of carbonyl (C=O) groups excluding carboxylic acids is 1. The largest absolute Gasteiger partial charge is 0.465 e. The molecule has 3 nitrogen and oxygen atoms in total. The van der Waals surface area contributed by atoms with Crippen LogP contribution in [0.1, 0.15) is 25.3 Å². The fraction of sp³-hybridized carbons (Fsp3) is 0.562. The Kier molecular flexibility index (Phi) is 6.40. The lowest BCUT2D eigenvalue weighted by atomic mass is 9.91. The minimum atomic E-state index is -0.142. The minimum absolute atomic E-state index is 0.142. The number of thioether (sulfide) groups is 1. The molecule has 0 unspecified atom stereocenters. The zero-order chi connectivity index (χ0) is 14.2. The molecule has 1 aliphatic heterocycles. The number of carbonyl (C=O) groups is 1. The lowest BCUT2D eigenvalue weighted by molar-refractivity contribution is -0.139. The van der Waals surface area contributed by atoms with Crippen molar-refractivity contribution < 1.29 is 9.53 Å². The molecule has 0 aliphatic carbocycles. The van der Waals surface area contributed by atoms with Gasteiger partial charge in [0.25, 0.3) is 0 Å². The molecule has 0 radical (unpaired) electrons. The average molecular weight is 293 g/mol. The van der Waals surface area contributed by atoms with Crippen molar-refractivity contribution in [1.82, 2.24) is 5.32 Å². The summed E-state index contributed by atoms with van der Waals surface area (Å²) in [5.74, 6) is 1.06. The van der Waals surface area contributed by atoms with Crippen LogP contribution in [0.4, 0.5) is 0 Å². The molecular formula is C16H23NO2S. The quantitative estimate of drug-likeness (QED) is 0.646. The molecule has 1 aromatic rings. The number of hydrogen-bond donors (Lipinski definition) is 1. The van der Waals surface area contributed by atoms with Crippen molar-refractivity contribution in [1.29, 1.82) is 0 Å². The third-order valence-electron chi connectivity index (χ3n) is 3.57. The Hall–Kier alpha value is -1.00. The Bertz CT molecular complexity index is 413. The van der Waals surface area contributed by atoms with E-state index in [1.807, 2.05) is 6.92 Å². The van der Waals surface area contributed by atoms with E-state index in [-0.39, 0.29) is 5.97 Å². The zero-order valence-electron chi connectivity index (χ0n) is 12.1. The van der Waals surface area contributed by atoms with Gasteiger partial charge >= 0.3 is 5.97 Å². The topological polar surface area (TPSA) is 38.3 Å². The number of esters is 1. The number of hydrogen-bond acceptors (Lipinski definition) is 4. The number of benzene rings is 1. The normalized spacial score (nSPS) is 16.1. The molecule has 1 aliphatic rings. The van der Waals surface area contributed by atoms with Crippen LogP contribution in [0.5, 0.6) is 0 Å². The van der Waals surface area contributed by atoms with Crippen LogP contribution in [-0.2, 0) is 16.0 Å². The monoisotopic (exact) mass is 293 g/mol. The van der Waals surface area contributed by atoms with Crippen LogP contribution in [0, 0.1) is 5.92 Å². The number of nitrogens with one attached hydrogen (secondary N) is 1.